The number of nitrogens with zero attached hydrogens (tertiary/aromatic N) is 1. The lowest BCUT2D eigenvalue weighted by Crippen LogP contribution is -2.52. The molecular formula is C13H22N2O4. The first kappa shape index (κ1) is 15.6. The van der Waals surface area contributed by atoms with Gasteiger partial charge in [0, 0.05) is 25.4 Å². The lowest BCUT2D eigenvalue weighted by atomic mass is 9.94. The lowest BCUT2D eigenvalue weighted by molar-refractivity contribution is -0.144. The molecule has 1 saturated heterocycles. The fourth-order valence-corrected chi connectivity index (χ4v) is 2.34. The van der Waals surface area contributed by atoms with E-state index in [-0.39, 0.29) is 30.7 Å². The van der Waals surface area contributed by atoms with Crippen LogP contribution >= 0.6 is 0 Å². The van der Waals surface area contributed by atoms with Crippen LogP contribution in [0.4, 0.5) is 0 Å². The summed E-state index contributed by atoms with van der Waals surface area (Å²) in [5.74, 6) is -1.22. The van der Waals surface area contributed by atoms with Crippen molar-refractivity contribution in [3.05, 3.63) is 0 Å². The van der Waals surface area contributed by atoms with E-state index in [0.717, 1.165) is 0 Å². The van der Waals surface area contributed by atoms with E-state index in [1.54, 1.807) is 6.92 Å². The molecule has 19 heavy (non-hydrogen) atoms. The van der Waals surface area contributed by atoms with Gasteiger partial charge in [0.05, 0.1) is 0 Å². The van der Waals surface area contributed by atoms with Gasteiger partial charge in [0.2, 0.25) is 11.8 Å². The molecule has 6 heteroatoms. The maximum absolute atomic E-state index is 11.4. The van der Waals surface area contributed by atoms with Crippen LogP contribution in [0.1, 0.15) is 46.5 Å². The maximum atomic E-state index is 11.4. The molecule has 108 valence electrons. The van der Waals surface area contributed by atoms with Gasteiger partial charge in [0.1, 0.15) is 5.54 Å². The fourth-order valence-electron chi connectivity index (χ4n) is 2.34. The van der Waals surface area contributed by atoms with E-state index < -0.39 is 11.5 Å². The summed E-state index contributed by atoms with van der Waals surface area (Å²) in [6.07, 6.45) is 1.41. The van der Waals surface area contributed by atoms with Gasteiger partial charge in [-0.05, 0) is 33.6 Å². The zero-order chi connectivity index (χ0) is 14.6. The Labute approximate surface area is 113 Å². The van der Waals surface area contributed by atoms with Crippen LogP contribution in [0.25, 0.3) is 0 Å². The third-order valence-corrected chi connectivity index (χ3v) is 3.29. The van der Waals surface area contributed by atoms with Crippen molar-refractivity contribution in [1.29, 1.82) is 0 Å². The smallest absolute Gasteiger partial charge is 0.323 e. The summed E-state index contributed by atoms with van der Waals surface area (Å²) in [5.41, 5.74) is -1.03. The van der Waals surface area contributed by atoms with E-state index in [4.69, 9.17) is 0 Å². The van der Waals surface area contributed by atoms with Crippen molar-refractivity contribution in [1.82, 2.24) is 10.2 Å². The van der Waals surface area contributed by atoms with E-state index in [1.165, 1.54) is 4.90 Å². The van der Waals surface area contributed by atoms with Gasteiger partial charge >= 0.3 is 5.97 Å². The number of carboxylic acid groups (broad SMARTS) is 1. The third-order valence-electron chi connectivity index (χ3n) is 3.29. The van der Waals surface area contributed by atoms with Crippen LogP contribution in [0.5, 0.6) is 0 Å². The number of nitrogens with one attached hydrogen (secondary N) is 1. The van der Waals surface area contributed by atoms with Crippen molar-refractivity contribution in [3.63, 3.8) is 0 Å². The summed E-state index contributed by atoms with van der Waals surface area (Å²) in [6, 6.07) is 0.0520. The Bertz CT molecular complexity index is 365. The third kappa shape index (κ3) is 4.02. The minimum atomic E-state index is -1.03. The molecule has 0 spiro atoms. The zero-order valence-corrected chi connectivity index (χ0v) is 11.7. The molecule has 1 heterocycles. The standard InChI is InChI=1S/C13H22N2O4/c1-9(2)14-13(3,12(18)19)7-4-8-15-10(16)5-6-11(15)17/h9,14H,4-8H2,1-3H3,(H,18,19). The summed E-state index contributed by atoms with van der Waals surface area (Å²) in [7, 11) is 0. The summed E-state index contributed by atoms with van der Waals surface area (Å²) >= 11 is 0. The van der Waals surface area contributed by atoms with E-state index in [0.29, 0.717) is 19.4 Å². The molecule has 1 atom stereocenters. The van der Waals surface area contributed by atoms with Crippen molar-refractivity contribution in [3.8, 4) is 0 Å². The molecule has 0 radical (unpaired) electrons. The van der Waals surface area contributed by atoms with Gasteiger partial charge in [-0.15, -0.1) is 0 Å². The quantitative estimate of drug-likeness (QED) is 0.667. The zero-order valence-electron chi connectivity index (χ0n) is 11.7. The highest BCUT2D eigenvalue weighted by molar-refractivity contribution is 6.01. The van der Waals surface area contributed by atoms with Crippen molar-refractivity contribution in [2.75, 3.05) is 6.54 Å². The normalized spacial score (nSPS) is 19.1. The van der Waals surface area contributed by atoms with Crippen LogP contribution in [0.3, 0.4) is 0 Å². The Hall–Kier alpha value is -1.43. The highest BCUT2D eigenvalue weighted by Crippen LogP contribution is 2.17. The number of imide groups is 1. The molecule has 1 aliphatic heterocycles. The molecule has 0 aromatic carbocycles. The van der Waals surface area contributed by atoms with E-state index in [2.05, 4.69) is 5.32 Å². The Balaban J connectivity index is 2.51. The largest absolute Gasteiger partial charge is 0.480 e. The van der Waals surface area contributed by atoms with Gasteiger partial charge < -0.3 is 5.11 Å². The van der Waals surface area contributed by atoms with Crippen LogP contribution in [-0.2, 0) is 14.4 Å². The van der Waals surface area contributed by atoms with Crippen LogP contribution in [0, 0.1) is 0 Å². The Kier molecular flexibility index (Phi) is 5.05. The molecule has 0 bridgehead atoms. The average molecular weight is 270 g/mol. The molecule has 0 aliphatic carbocycles. The molecule has 2 N–H and O–H groups in total. The monoisotopic (exact) mass is 270 g/mol. The molecule has 2 amide bonds. The number of likely N-dealkylation sites (tertiary alicyclic amines) is 1. The minimum Gasteiger partial charge on any atom is -0.480 e. The predicted molar refractivity (Wildman–Crippen MR) is 69.5 cm³/mol. The SMILES string of the molecule is CC(C)NC(C)(CCCN1C(=O)CCC1=O)C(=O)O. The average Bonchev–Trinajstić information content (AvgIpc) is 2.59. The molecule has 6 nitrogen and oxygen atoms in total. The van der Waals surface area contributed by atoms with Gasteiger partial charge in [0.15, 0.2) is 0 Å². The van der Waals surface area contributed by atoms with Crippen molar-refractivity contribution in [2.45, 2.75) is 58.0 Å². The Morgan fingerprint density at radius 2 is 1.89 bits per heavy atom. The number of carboxylic acids is 1. The molecule has 0 aromatic heterocycles. The van der Waals surface area contributed by atoms with Gasteiger partial charge in [-0.1, -0.05) is 0 Å². The van der Waals surface area contributed by atoms with Crippen LogP contribution < -0.4 is 5.32 Å². The number of carbonyl (C=O) groups excluding carboxylic acids is 2. The molecule has 0 aromatic rings. The predicted octanol–water partition coefficient (Wildman–Crippen LogP) is 0.757. The van der Waals surface area contributed by atoms with Gasteiger partial charge in [-0.25, -0.2) is 0 Å². The summed E-state index contributed by atoms with van der Waals surface area (Å²) in [6.45, 7) is 5.70. The van der Waals surface area contributed by atoms with Crippen LogP contribution in [0.2, 0.25) is 0 Å². The molecule has 1 aliphatic rings. The van der Waals surface area contributed by atoms with Crippen molar-refractivity contribution >= 4 is 17.8 Å². The second-order valence-corrected chi connectivity index (χ2v) is 5.48. The summed E-state index contributed by atoms with van der Waals surface area (Å²) in [4.78, 5) is 35.4. The topological polar surface area (TPSA) is 86.7 Å². The second-order valence-electron chi connectivity index (χ2n) is 5.48. The first-order valence-corrected chi connectivity index (χ1v) is 6.60. The number of hydrogen-bond donors (Lipinski definition) is 2. The molecule has 1 rings (SSSR count). The summed E-state index contributed by atoms with van der Waals surface area (Å²) in [5, 5.41) is 12.3. The number of carbonyl (C=O) groups is 3. The molecule has 1 fully saturated rings. The van der Waals surface area contributed by atoms with Crippen molar-refractivity contribution < 1.29 is 19.5 Å². The summed E-state index contributed by atoms with van der Waals surface area (Å²) < 4.78 is 0. The number of aliphatic carboxylic acids is 1. The number of hydrogen-bond acceptors (Lipinski definition) is 4. The second kappa shape index (κ2) is 6.14. The van der Waals surface area contributed by atoms with E-state index in [1.807, 2.05) is 13.8 Å². The highest BCUT2D eigenvalue weighted by Gasteiger charge is 2.34. The van der Waals surface area contributed by atoms with E-state index >= 15 is 0 Å². The highest BCUT2D eigenvalue weighted by atomic mass is 16.4. The van der Waals surface area contributed by atoms with Gasteiger partial charge in [-0.3, -0.25) is 24.6 Å². The Morgan fingerprint density at radius 1 is 1.37 bits per heavy atom. The van der Waals surface area contributed by atoms with Crippen LogP contribution in [-0.4, -0.2) is 45.9 Å². The fraction of sp³-hybridized carbons (Fsp3) is 0.769. The van der Waals surface area contributed by atoms with Crippen molar-refractivity contribution in [2.24, 2.45) is 0 Å². The van der Waals surface area contributed by atoms with Crippen LogP contribution in [0.15, 0.2) is 0 Å². The van der Waals surface area contributed by atoms with E-state index in [9.17, 15) is 19.5 Å². The van der Waals surface area contributed by atoms with Gasteiger partial charge in [0.25, 0.3) is 0 Å². The molecule has 0 saturated carbocycles. The maximum Gasteiger partial charge on any atom is 0.323 e. The Morgan fingerprint density at radius 3 is 2.32 bits per heavy atom. The van der Waals surface area contributed by atoms with Gasteiger partial charge in [-0.2, -0.15) is 0 Å². The number of rotatable bonds is 7. The number of amides is 2. The lowest BCUT2D eigenvalue weighted by Gasteiger charge is -2.29. The minimum absolute atomic E-state index is 0.0520. The molecule has 1 unspecified atom stereocenters. The first-order valence-electron chi connectivity index (χ1n) is 6.60. The molecular weight excluding hydrogens is 248 g/mol. The first-order chi connectivity index (χ1) is 8.76.